The SMILES string of the molecule is CC(C(=O)O)N(CCNC(=O)OCc1ccccc1)C(=O)OCc1ccccc1. The van der Waals surface area contributed by atoms with Gasteiger partial charge in [0, 0.05) is 13.1 Å². The Balaban J connectivity index is 1.81. The van der Waals surface area contributed by atoms with Gasteiger partial charge in [0.15, 0.2) is 0 Å². The first-order chi connectivity index (χ1) is 14.0. The summed E-state index contributed by atoms with van der Waals surface area (Å²) in [4.78, 5) is 36.5. The van der Waals surface area contributed by atoms with Crippen molar-refractivity contribution in [1.82, 2.24) is 10.2 Å². The van der Waals surface area contributed by atoms with Gasteiger partial charge in [-0.15, -0.1) is 0 Å². The van der Waals surface area contributed by atoms with Crippen LogP contribution in [-0.4, -0.2) is 47.3 Å². The van der Waals surface area contributed by atoms with Crippen LogP contribution in [0.2, 0.25) is 0 Å². The number of carbonyl (C=O) groups excluding carboxylic acids is 2. The largest absolute Gasteiger partial charge is 0.480 e. The molecule has 0 fully saturated rings. The van der Waals surface area contributed by atoms with Crippen LogP contribution in [0, 0.1) is 0 Å². The molecule has 8 nitrogen and oxygen atoms in total. The second-order valence-electron chi connectivity index (χ2n) is 6.24. The van der Waals surface area contributed by atoms with Crippen LogP contribution in [-0.2, 0) is 27.5 Å². The summed E-state index contributed by atoms with van der Waals surface area (Å²) in [7, 11) is 0. The molecule has 0 saturated heterocycles. The number of carbonyl (C=O) groups is 3. The number of carboxylic acids is 1. The van der Waals surface area contributed by atoms with Gasteiger partial charge in [-0.3, -0.25) is 4.90 Å². The van der Waals surface area contributed by atoms with Crippen molar-refractivity contribution in [2.75, 3.05) is 13.1 Å². The minimum absolute atomic E-state index is 0.0195. The van der Waals surface area contributed by atoms with Gasteiger partial charge in [0.25, 0.3) is 0 Å². The maximum atomic E-state index is 12.3. The molecule has 0 aliphatic carbocycles. The number of rotatable bonds is 9. The summed E-state index contributed by atoms with van der Waals surface area (Å²) < 4.78 is 10.3. The topological polar surface area (TPSA) is 105 Å². The van der Waals surface area contributed by atoms with Gasteiger partial charge in [0.2, 0.25) is 0 Å². The van der Waals surface area contributed by atoms with Gasteiger partial charge in [0.1, 0.15) is 19.3 Å². The highest BCUT2D eigenvalue weighted by Gasteiger charge is 2.26. The van der Waals surface area contributed by atoms with E-state index >= 15 is 0 Å². The van der Waals surface area contributed by atoms with E-state index in [2.05, 4.69) is 5.32 Å². The van der Waals surface area contributed by atoms with E-state index < -0.39 is 24.2 Å². The lowest BCUT2D eigenvalue weighted by Crippen LogP contribution is -2.47. The molecule has 1 atom stereocenters. The molecule has 0 spiro atoms. The van der Waals surface area contributed by atoms with E-state index in [0.29, 0.717) is 0 Å². The molecule has 29 heavy (non-hydrogen) atoms. The van der Waals surface area contributed by atoms with E-state index in [-0.39, 0.29) is 26.3 Å². The van der Waals surface area contributed by atoms with Crippen molar-refractivity contribution in [1.29, 1.82) is 0 Å². The van der Waals surface area contributed by atoms with E-state index in [4.69, 9.17) is 9.47 Å². The number of hydrogen-bond acceptors (Lipinski definition) is 5. The lowest BCUT2D eigenvalue weighted by molar-refractivity contribution is -0.142. The predicted octanol–water partition coefficient (Wildman–Crippen LogP) is 3.02. The van der Waals surface area contributed by atoms with Crippen molar-refractivity contribution in [3.8, 4) is 0 Å². The van der Waals surface area contributed by atoms with Crippen LogP contribution < -0.4 is 5.32 Å². The van der Waals surface area contributed by atoms with Crippen LogP contribution in [0.25, 0.3) is 0 Å². The molecule has 2 aromatic rings. The fourth-order valence-corrected chi connectivity index (χ4v) is 2.43. The molecule has 0 saturated carbocycles. The maximum absolute atomic E-state index is 12.3. The average Bonchev–Trinajstić information content (AvgIpc) is 2.74. The molecule has 2 N–H and O–H groups in total. The van der Waals surface area contributed by atoms with Gasteiger partial charge in [0.05, 0.1) is 0 Å². The molecule has 0 radical (unpaired) electrons. The van der Waals surface area contributed by atoms with Crippen LogP contribution in [0.5, 0.6) is 0 Å². The van der Waals surface area contributed by atoms with Crippen molar-refractivity contribution in [3.63, 3.8) is 0 Å². The number of alkyl carbamates (subject to hydrolysis) is 1. The molecule has 0 heterocycles. The van der Waals surface area contributed by atoms with Crippen molar-refractivity contribution in [2.45, 2.75) is 26.2 Å². The maximum Gasteiger partial charge on any atom is 0.410 e. The highest BCUT2D eigenvalue weighted by molar-refractivity contribution is 5.79. The number of amides is 2. The molecule has 2 amide bonds. The summed E-state index contributed by atoms with van der Waals surface area (Å²) in [6.07, 6.45) is -1.43. The fraction of sp³-hybridized carbons (Fsp3) is 0.286. The Morgan fingerprint density at radius 3 is 1.97 bits per heavy atom. The van der Waals surface area contributed by atoms with Gasteiger partial charge in [-0.25, -0.2) is 14.4 Å². The third kappa shape index (κ3) is 7.53. The second kappa shape index (κ2) is 11.3. The Kier molecular flexibility index (Phi) is 8.50. The normalized spacial score (nSPS) is 11.2. The molecule has 1 unspecified atom stereocenters. The number of nitrogens with one attached hydrogen (secondary N) is 1. The molecular formula is C21H24N2O6. The summed E-state index contributed by atoms with van der Waals surface area (Å²) in [5, 5.41) is 11.7. The molecule has 8 heteroatoms. The van der Waals surface area contributed by atoms with Gasteiger partial charge < -0.3 is 19.9 Å². The van der Waals surface area contributed by atoms with Crippen LogP contribution in [0.3, 0.4) is 0 Å². The third-order valence-electron chi connectivity index (χ3n) is 4.10. The summed E-state index contributed by atoms with van der Waals surface area (Å²) in [5.74, 6) is -1.17. The molecule has 0 aliphatic rings. The van der Waals surface area contributed by atoms with E-state index in [1.807, 2.05) is 48.5 Å². The summed E-state index contributed by atoms with van der Waals surface area (Å²) >= 11 is 0. The first-order valence-electron chi connectivity index (χ1n) is 9.12. The lowest BCUT2D eigenvalue weighted by atomic mass is 10.2. The van der Waals surface area contributed by atoms with E-state index in [9.17, 15) is 19.5 Å². The molecule has 154 valence electrons. The molecule has 2 aromatic carbocycles. The second-order valence-corrected chi connectivity index (χ2v) is 6.24. The lowest BCUT2D eigenvalue weighted by Gasteiger charge is -2.25. The minimum Gasteiger partial charge on any atom is -0.480 e. The van der Waals surface area contributed by atoms with E-state index in [1.165, 1.54) is 6.92 Å². The van der Waals surface area contributed by atoms with Crippen molar-refractivity contribution in [2.24, 2.45) is 0 Å². The highest BCUT2D eigenvalue weighted by atomic mass is 16.6. The van der Waals surface area contributed by atoms with Crippen molar-refractivity contribution >= 4 is 18.2 Å². The quantitative estimate of drug-likeness (QED) is 0.670. The highest BCUT2D eigenvalue weighted by Crippen LogP contribution is 2.07. The smallest absolute Gasteiger partial charge is 0.410 e. The monoisotopic (exact) mass is 400 g/mol. The number of hydrogen-bond donors (Lipinski definition) is 2. The summed E-state index contributed by atoms with van der Waals surface area (Å²) in [6, 6.07) is 17.1. The third-order valence-corrected chi connectivity index (χ3v) is 4.10. The molecular weight excluding hydrogens is 376 g/mol. The standard InChI is InChI=1S/C21H24N2O6/c1-16(19(24)25)23(21(27)29-15-18-10-6-3-7-11-18)13-12-22-20(26)28-14-17-8-4-2-5-9-17/h2-11,16H,12-15H2,1H3,(H,22,26)(H,24,25). The first-order valence-corrected chi connectivity index (χ1v) is 9.12. The van der Waals surface area contributed by atoms with E-state index in [1.54, 1.807) is 12.1 Å². The number of carboxylic acid groups (broad SMARTS) is 1. The van der Waals surface area contributed by atoms with E-state index in [0.717, 1.165) is 16.0 Å². The zero-order valence-electron chi connectivity index (χ0n) is 16.1. The minimum atomic E-state index is -1.17. The Labute approximate surface area is 169 Å². The number of benzene rings is 2. The molecule has 0 aromatic heterocycles. The average molecular weight is 400 g/mol. The zero-order valence-corrected chi connectivity index (χ0v) is 16.1. The zero-order chi connectivity index (χ0) is 21.1. The van der Waals surface area contributed by atoms with Gasteiger partial charge in [-0.2, -0.15) is 0 Å². The fourth-order valence-electron chi connectivity index (χ4n) is 2.43. The van der Waals surface area contributed by atoms with Gasteiger partial charge >= 0.3 is 18.2 Å². The summed E-state index contributed by atoms with van der Waals surface area (Å²) in [5.41, 5.74) is 1.62. The summed E-state index contributed by atoms with van der Waals surface area (Å²) in [6.45, 7) is 1.49. The number of nitrogens with zero attached hydrogens (tertiary/aromatic N) is 1. The Morgan fingerprint density at radius 1 is 0.931 bits per heavy atom. The Bertz CT molecular complexity index is 797. The molecule has 0 aliphatic heterocycles. The predicted molar refractivity (Wildman–Crippen MR) is 105 cm³/mol. The Morgan fingerprint density at radius 2 is 1.45 bits per heavy atom. The number of aliphatic carboxylic acids is 1. The van der Waals surface area contributed by atoms with Crippen molar-refractivity contribution in [3.05, 3.63) is 71.8 Å². The first kappa shape index (κ1) is 21.7. The van der Waals surface area contributed by atoms with Crippen LogP contribution in [0.15, 0.2) is 60.7 Å². The van der Waals surface area contributed by atoms with Gasteiger partial charge in [-0.05, 0) is 18.1 Å². The number of ether oxygens (including phenoxy) is 2. The van der Waals surface area contributed by atoms with Crippen molar-refractivity contribution < 1.29 is 29.0 Å². The molecule has 0 bridgehead atoms. The molecule has 2 rings (SSSR count). The van der Waals surface area contributed by atoms with Crippen LogP contribution >= 0.6 is 0 Å². The Hall–Kier alpha value is -3.55. The van der Waals surface area contributed by atoms with Crippen LogP contribution in [0.1, 0.15) is 18.1 Å². The van der Waals surface area contributed by atoms with Gasteiger partial charge in [-0.1, -0.05) is 60.7 Å². The van der Waals surface area contributed by atoms with Crippen LogP contribution in [0.4, 0.5) is 9.59 Å².